The molecule has 0 aliphatic carbocycles. The molecule has 0 aromatic heterocycles. The molecule has 1 fully saturated rings. The largest absolute Gasteiger partial charge is 0.383 e. The maximum absolute atomic E-state index is 5.09. The zero-order valence-corrected chi connectivity index (χ0v) is 11.8. The summed E-state index contributed by atoms with van der Waals surface area (Å²) in [7, 11) is 3.59. The van der Waals surface area contributed by atoms with Gasteiger partial charge in [0, 0.05) is 39.8 Å². The fourth-order valence-corrected chi connectivity index (χ4v) is 2.00. The van der Waals surface area contributed by atoms with E-state index in [0.717, 1.165) is 32.1 Å². The van der Waals surface area contributed by atoms with E-state index < -0.39 is 0 Å². The van der Waals surface area contributed by atoms with Crippen LogP contribution in [0.1, 0.15) is 19.8 Å². The van der Waals surface area contributed by atoms with Crippen molar-refractivity contribution < 1.29 is 4.74 Å². The summed E-state index contributed by atoms with van der Waals surface area (Å²) < 4.78 is 5.09. The average Bonchev–Trinajstić information content (AvgIpc) is 2.87. The first-order valence-electron chi connectivity index (χ1n) is 6.65. The van der Waals surface area contributed by atoms with Crippen LogP contribution in [0.15, 0.2) is 16.9 Å². The van der Waals surface area contributed by atoms with Crippen molar-refractivity contribution in [1.29, 1.82) is 0 Å². The minimum Gasteiger partial charge on any atom is -0.383 e. The van der Waals surface area contributed by atoms with E-state index in [1.807, 2.05) is 7.05 Å². The van der Waals surface area contributed by atoms with E-state index in [-0.39, 0.29) is 0 Å². The predicted molar refractivity (Wildman–Crippen MR) is 75.8 cm³/mol. The molecule has 0 saturated carbocycles. The lowest BCUT2D eigenvalue weighted by atomic mass is 10.3. The number of hydrogen-bond donors (Lipinski definition) is 2. The summed E-state index contributed by atoms with van der Waals surface area (Å²) in [6.45, 7) is 5.88. The summed E-state index contributed by atoms with van der Waals surface area (Å²) in [5.41, 5.74) is 0. The van der Waals surface area contributed by atoms with E-state index in [1.165, 1.54) is 12.8 Å². The Morgan fingerprint density at radius 3 is 2.78 bits per heavy atom. The zero-order valence-electron chi connectivity index (χ0n) is 11.8. The minimum atomic E-state index is 0.361. The molecule has 0 aromatic carbocycles. The summed E-state index contributed by atoms with van der Waals surface area (Å²) in [5, 5.41) is 6.33. The van der Waals surface area contributed by atoms with Crippen molar-refractivity contribution in [2.45, 2.75) is 25.8 Å². The van der Waals surface area contributed by atoms with Crippen molar-refractivity contribution in [2.75, 3.05) is 40.4 Å². The number of nitrogens with one attached hydrogen (secondary N) is 2. The Kier molecular flexibility index (Phi) is 7.44. The highest BCUT2D eigenvalue weighted by atomic mass is 16.5. The number of methoxy groups -OCH3 is 1. The third-order valence-corrected chi connectivity index (χ3v) is 2.92. The van der Waals surface area contributed by atoms with Gasteiger partial charge in [0.1, 0.15) is 5.82 Å². The molecular weight excluding hydrogens is 228 g/mol. The summed E-state index contributed by atoms with van der Waals surface area (Å²) in [4.78, 5) is 6.78. The number of ether oxygens (including phenoxy) is 1. The second kappa shape index (κ2) is 8.94. The lowest BCUT2D eigenvalue weighted by molar-refractivity contribution is 0.174. The van der Waals surface area contributed by atoms with E-state index >= 15 is 0 Å². The molecule has 1 aliphatic heterocycles. The van der Waals surface area contributed by atoms with E-state index in [1.54, 1.807) is 13.4 Å². The maximum Gasteiger partial charge on any atom is 0.127 e. The molecule has 0 bridgehead atoms. The van der Waals surface area contributed by atoms with Crippen LogP contribution in [0, 0.1) is 0 Å². The molecule has 2 N–H and O–H groups in total. The van der Waals surface area contributed by atoms with Gasteiger partial charge in [-0.15, -0.1) is 0 Å². The van der Waals surface area contributed by atoms with Gasteiger partial charge in [-0.05, 0) is 25.8 Å². The quantitative estimate of drug-likeness (QED) is 0.497. The summed E-state index contributed by atoms with van der Waals surface area (Å²) in [6.07, 6.45) is 6.41. The van der Waals surface area contributed by atoms with Crippen LogP contribution in [0.5, 0.6) is 0 Å². The number of rotatable bonds is 8. The van der Waals surface area contributed by atoms with Gasteiger partial charge in [0.15, 0.2) is 0 Å². The van der Waals surface area contributed by atoms with Gasteiger partial charge >= 0.3 is 0 Å². The number of nitrogens with zero attached hydrogens (tertiary/aromatic N) is 2. The lowest BCUT2D eigenvalue weighted by Gasteiger charge is -2.18. The molecule has 104 valence electrons. The van der Waals surface area contributed by atoms with Crippen LogP contribution in [-0.4, -0.2) is 57.7 Å². The van der Waals surface area contributed by atoms with E-state index in [4.69, 9.17) is 4.74 Å². The van der Waals surface area contributed by atoms with Crippen LogP contribution < -0.4 is 10.6 Å². The summed E-state index contributed by atoms with van der Waals surface area (Å²) in [5.74, 6) is 1.05. The second-order valence-corrected chi connectivity index (χ2v) is 4.57. The van der Waals surface area contributed by atoms with Crippen molar-refractivity contribution in [3.63, 3.8) is 0 Å². The van der Waals surface area contributed by atoms with Gasteiger partial charge in [-0.3, -0.25) is 0 Å². The molecule has 0 amide bonds. The minimum absolute atomic E-state index is 0.361. The standard InChI is InChI=1S/C13H26N4O/c1-12(10-18-3)15-7-6-13(16-11-14-2)17-8-4-5-9-17/h6,11-12,15H,4-5,7-10H2,1-3H3,(H,14,16)/b13-6+/t12-/m1/s1. The van der Waals surface area contributed by atoms with Crippen LogP contribution in [0.3, 0.4) is 0 Å². The van der Waals surface area contributed by atoms with Gasteiger partial charge in [0.2, 0.25) is 0 Å². The van der Waals surface area contributed by atoms with Crippen LogP contribution in [-0.2, 0) is 4.74 Å². The fraction of sp³-hybridized carbons (Fsp3) is 0.769. The topological polar surface area (TPSA) is 48.9 Å². The molecule has 0 radical (unpaired) electrons. The van der Waals surface area contributed by atoms with Gasteiger partial charge in [0.05, 0.1) is 12.9 Å². The maximum atomic E-state index is 5.09. The summed E-state index contributed by atoms with van der Waals surface area (Å²) >= 11 is 0. The highest BCUT2D eigenvalue weighted by Crippen LogP contribution is 2.14. The van der Waals surface area contributed by atoms with Gasteiger partial charge < -0.3 is 20.3 Å². The molecular formula is C13H26N4O. The van der Waals surface area contributed by atoms with Gasteiger partial charge in [-0.2, -0.15) is 0 Å². The Morgan fingerprint density at radius 1 is 1.44 bits per heavy atom. The van der Waals surface area contributed by atoms with E-state index in [0.29, 0.717) is 6.04 Å². The third kappa shape index (κ3) is 5.51. The molecule has 0 aromatic rings. The smallest absolute Gasteiger partial charge is 0.127 e. The molecule has 0 spiro atoms. The first-order chi connectivity index (χ1) is 8.77. The molecule has 1 aliphatic rings. The molecule has 0 unspecified atom stereocenters. The highest BCUT2D eigenvalue weighted by molar-refractivity contribution is 5.55. The average molecular weight is 254 g/mol. The SMILES string of the molecule is CN/C=N\C(=C/CN[C@H](C)COC)N1CCCC1. The highest BCUT2D eigenvalue weighted by Gasteiger charge is 2.13. The van der Waals surface area contributed by atoms with Crippen molar-refractivity contribution in [3.8, 4) is 0 Å². The summed E-state index contributed by atoms with van der Waals surface area (Å²) in [6, 6.07) is 0.361. The number of likely N-dealkylation sites (tertiary alicyclic amines) is 1. The molecule has 1 heterocycles. The van der Waals surface area contributed by atoms with Crippen LogP contribution >= 0.6 is 0 Å². The third-order valence-electron chi connectivity index (χ3n) is 2.92. The first kappa shape index (κ1) is 15.0. The molecule has 5 heteroatoms. The Labute approximate surface area is 110 Å². The molecule has 1 saturated heterocycles. The van der Waals surface area contributed by atoms with E-state index in [2.05, 4.69) is 33.5 Å². The van der Waals surface area contributed by atoms with Gasteiger partial charge in [-0.25, -0.2) is 4.99 Å². The molecule has 18 heavy (non-hydrogen) atoms. The van der Waals surface area contributed by atoms with Crippen LogP contribution in [0.4, 0.5) is 0 Å². The van der Waals surface area contributed by atoms with E-state index in [9.17, 15) is 0 Å². The molecule has 5 nitrogen and oxygen atoms in total. The first-order valence-corrected chi connectivity index (χ1v) is 6.65. The Balaban J connectivity index is 2.45. The van der Waals surface area contributed by atoms with Crippen molar-refractivity contribution in [3.05, 3.63) is 11.9 Å². The Hall–Kier alpha value is -1.07. The van der Waals surface area contributed by atoms with Crippen molar-refractivity contribution >= 4 is 6.34 Å². The number of hydrogen-bond acceptors (Lipinski definition) is 4. The lowest BCUT2D eigenvalue weighted by Crippen LogP contribution is -2.31. The normalized spacial score (nSPS) is 18.6. The predicted octanol–water partition coefficient (Wildman–Crippen LogP) is 0.796. The molecule has 1 atom stereocenters. The Bertz CT molecular complexity index is 272. The van der Waals surface area contributed by atoms with Crippen LogP contribution in [0.25, 0.3) is 0 Å². The van der Waals surface area contributed by atoms with Gasteiger partial charge in [0.25, 0.3) is 0 Å². The number of aliphatic imine (C=N–C) groups is 1. The van der Waals surface area contributed by atoms with Crippen molar-refractivity contribution in [1.82, 2.24) is 15.5 Å². The monoisotopic (exact) mass is 254 g/mol. The Morgan fingerprint density at radius 2 is 2.17 bits per heavy atom. The second-order valence-electron chi connectivity index (χ2n) is 4.57. The zero-order chi connectivity index (χ0) is 13.2. The molecule has 1 rings (SSSR count). The van der Waals surface area contributed by atoms with Crippen molar-refractivity contribution in [2.24, 2.45) is 4.99 Å². The van der Waals surface area contributed by atoms with Gasteiger partial charge in [-0.1, -0.05) is 0 Å². The van der Waals surface area contributed by atoms with Crippen LogP contribution in [0.2, 0.25) is 0 Å². The fourth-order valence-electron chi connectivity index (χ4n) is 2.00.